The van der Waals surface area contributed by atoms with E-state index in [-0.39, 0.29) is 5.91 Å². The van der Waals surface area contributed by atoms with Crippen LogP contribution in [0.25, 0.3) is 0 Å². The highest BCUT2D eigenvalue weighted by Crippen LogP contribution is 2.36. The second kappa shape index (κ2) is 8.78. The third-order valence-corrected chi connectivity index (χ3v) is 6.24. The molecule has 2 saturated heterocycles. The minimum Gasteiger partial charge on any atom is -0.496 e. The fourth-order valence-corrected chi connectivity index (χ4v) is 4.94. The van der Waals surface area contributed by atoms with Crippen LogP contribution in [0, 0.1) is 0 Å². The standard InChI is InChI=1S/C24H30N2O2/c1-28-23-13-6-5-10-19(23)17-26-21-11-7-12-22(26)16-20(15-21)25-24(27)14-18-8-3-2-4-9-18/h2-6,8-10,13,20-22H,7,11-12,14-17H2,1H3,(H,25,27). The van der Waals surface area contributed by atoms with Gasteiger partial charge < -0.3 is 10.1 Å². The monoisotopic (exact) mass is 378 g/mol. The normalized spacial score (nSPS) is 24.5. The predicted molar refractivity (Wildman–Crippen MR) is 111 cm³/mol. The molecule has 0 saturated carbocycles. The van der Waals surface area contributed by atoms with Crippen LogP contribution in [0.15, 0.2) is 54.6 Å². The molecule has 0 spiro atoms. The fourth-order valence-electron chi connectivity index (χ4n) is 4.94. The van der Waals surface area contributed by atoms with E-state index in [9.17, 15) is 4.79 Å². The topological polar surface area (TPSA) is 41.6 Å². The third kappa shape index (κ3) is 4.39. The number of ether oxygens (including phenoxy) is 1. The first kappa shape index (κ1) is 19.0. The van der Waals surface area contributed by atoms with Crippen molar-refractivity contribution in [2.24, 2.45) is 0 Å². The van der Waals surface area contributed by atoms with E-state index in [0.717, 1.165) is 30.7 Å². The van der Waals surface area contributed by atoms with Crippen molar-refractivity contribution < 1.29 is 9.53 Å². The summed E-state index contributed by atoms with van der Waals surface area (Å²) >= 11 is 0. The van der Waals surface area contributed by atoms with Crippen molar-refractivity contribution in [3.8, 4) is 5.75 Å². The molecule has 1 N–H and O–H groups in total. The van der Waals surface area contributed by atoms with E-state index in [0.29, 0.717) is 24.5 Å². The van der Waals surface area contributed by atoms with Crippen molar-refractivity contribution in [1.29, 1.82) is 0 Å². The maximum absolute atomic E-state index is 12.5. The van der Waals surface area contributed by atoms with E-state index < -0.39 is 0 Å². The van der Waals surface area contributed by atoms with E-state index in [1.165, 1.54) is 24.8 Å². The highest BCUT2D eigenvalue weighted by molar-refractivity contribution is 5.78. The van der Waals surface area contributed by atoms with Gasteiger partial charge in [0, 0.05) is 30.2 Å². The number of para-hydroxylation sites is 1. The lowest BCUT2D eigenvalue weighted by Gasteiger charge is -2.49. The summed E-state index contributed by atoms with van der Waals surface area (Å²) in [7, 11) is 1.74. The van der Waals surface area contributed by atoms with Crippen LogP contribution in [0.5, 0.6) is 5.75 Å². The molecule has 0 aromatic heterocycles. The van der Waals surface area contributed by atoms with Gasteiger partial charge in [-0.3, -0.25) is 9.69 Å². The fraction of sp³-hybridized carbons (Fsp3) is 0.458. The van der Waals surface area contributed by atoms with Gasteiger partial charge in [-0.2, -0.15) is 0 Å². The average molecular weight is 379 g/mol. The number of rotatable bonds is 6. The molecule has 2 aliphatic heterocycles. The van der Waals surface area contributed by atoms with E-state index >= 15 is 0 Å². The first-order chi connectivity index (χ1) is 13.7. The van der Waals surface area contributed by atoms with Gasteiger partial charge in [-0.15, -0.1) is 0 Å². The Bertz CT molecular complexity index is 778. The molecule has 4 heteroatoms. The molecular formula is C24H30N2O2. The van der Waals surface area contributed by atoms with Crippen molar-refractivity contribution in [3.05, 3.63) is 65.7 Å². The lowest BCUT2D eigenvalue weighted by Crippen LogP contribution is -2.56. The molecule has 2 atom stereocenters. The minimum atomic E-state index is 0.146. The minimum absolute atomic E-state index is 0.146. The first-order valence-corrected chi connectivity index (χ1v) is 10.4. The molecule has 2 heterocycles. The SMILES string of the molecule is COc1ccccc1CN1C2CCCC1CC(NC(=O)Cc1ccccc1)C2. The van der Waals surface area contributed by atoms with E-state index in [1.54, 1.807) is 7.11 Å². The van der Waals surface area contributed by atoms with Crippen LogP contribution in [-0.2, 0) is 17.8 Å². The number of hydrogen-bond donors (Lipinski definition) is 1. The molecular weight excluding hydrogens is 348 g/mol. The highest BCUT2D eigenvalue weighted by Gasteiger charge is 2.38. The molecule has 0 radical (unpaired) electrons. The molecule has 2 aromatic rings. The lowest BCUT2D eigenvalue weighted by molar-refractivity contribution is -0.122. The number of methoxy groups -OCH3 is 1. The van der Waals surface area contributed by atoms with Crippen LogP contribution in [0.1, 0.15) is 43.2 Å². The number of hydrogen-bond acceptors (Lipinski definition) is 3. The van der Waals surface area contributed by atoms with Crippen molar-refractivity contribution >= 4 is 5.91 Å². The summed E-state index contributed by atoms with van der Waals surface area (Å²) in [4.78, 5) is 15.2. The summed E-state index contributed by atoms with van der Waals surface area (Å²) in [6.07, 6.45) is 6.30. The average Bonchev–Trinajstić information content (AvgIpc) is 2.69. The molecule has 2 bridgehead atoms. The Kier molecular flexibility index (Phi) is 5.96. The second-order valence-corrected chi connectivity index (χ2v) is 8.12. The zero-order valence-corrected chi connectivity index (χ0v) is 16.6. The van der Waals surface area contributed by atoms with Crippen LogP contribution < -0.4 is 10.1 Å². The lowest BCUT2D eigenvalue weighted by atomic mass is 9.81. The smallest absolute Gasteiger partial charge is 0.224 e. The molecule has 148 valence electrons. The molecule has 0 aliphatic carbocycles. The second-order valence-electron chi connectivity index (χ2n) is 8.12. The number of carbonyl (C=O) groups is 1. The molecule has 2 aliphatic rings. The summed E-state index contributed by atoms with van der Waals surface area (Å²) in [5, 5.41) is 3.31. The maximum Gasteiger partial charge on any atom is 0.224 e. The van der Waals surface area contributed by atoms with Gasteiger partial charge in [0.15, 0.2) is 0 Å². The predicted octanol–water partition coefficient (Wildman–Crippen LogP) is 3.94. The van der Waals surface area contributed by atoms with Gasteiger partial charge in [0.1, 0.15) is 5.75 Å². The van der Waals surface area contributed by atoms with Gasteiger partial charge in [0.05, 0.1) is 13.5 Å². The Balaban J connectivity index is 1.38. The van der Waals surface area contributed by atoms with Crippen molar-refractivity contribution in [2.45, 2.75) is 63.2 Å². The van der Waals surface area contributed by atoms with Crippen LogP contribution in [0.4, 0.5) is 0 Å². The highest BCUT2D eigenvalue weighted by atomic mass is 16.5. The number of piperidine rings is 2. The van der Waals surface area contributed by atoms with Crippen LogP contribution in [0.2, 0.25) is 0 Å². The Hall–Kier alpha value is -2.33. The summed E-state index contributed by atoms with van der Waals surface area (Å²) < 4.78 is 5.56. The Morgan fingerprint density at radius 2 is 1.71 bits per heavy atom. The number of nitrogens with zero attached hydrogens (tertiary/aromatic N) is 1. The number of nitrogens with one attached hydrogen (secondary N) is 1. The van der Waals surface area contributed by atoms with Crippen molar-refractivity contribution in [2.75, 3.05) is 7.11 Å². The molecule has 2 aromatic carbocycles. The molecule has 2 unspecified atom stereocenters. The maximum atomic E-state index is 12.5. The summed E-state index contributed by atoms with van der Waals surface area (Å²) in [6, 6.07) is 19.7. The van der Waals surface area contributed by atoms with Crippen LogP contribution >= 0.6 is 0 Å². The summed E-state index contributed by atoms with van der Waals surface area (Å²) in [5.41, 5.74) is 2.34. The number of amides is 1. The molecule has 2 fully saturated rings. The zero-order chi connectivity index (χ0) is 19.3. The zero-order valence-electron chi connectivity index (χ0n) is 16.6. The molecule has 4 nitrogen and oxygen atoms in total. The molecule has 1 amide bonds. The third-order valence-electron chi connectivity index (χ3n) is 6.24. The van der Waals surface area contributed by atoms with Crippen molar-refractivity contribution in [3.63, 3.8) is 0 Å². The Labute approximate surface area is 167 Å². The molecule has 28 heavy (non-hydrogen) atoms. The number of fused-ring (bicyclic) bond motifs is 2. The van der Waals surface area contributed by atoms with Gasteiger partial charge in [0.2, 0.25) is 5.91 Å². The van der Waals surface area contributed by atoms with E-state index in [4.69, 9.17) is 4.74 Å². The van der Waals surface area contributed by atoms with Gasteiger partial charge in [-0.25, -0.2) is 0 Å². The Morgan fingerprint density at radius 3 is 2.43 bits per heavy atom. The quantitative estimate of drug-likeness (QED) is 0.828. The first-order valence-electron chi connectivity index (χ1n) is 10.4. The van der Waals surface area contributed by atoms with Gasteiger partial charge in [-0.05, 0) is 37.3 Å². The van der Waals surface area contributed by atoms with Gasteiger partial charge >= 0.3 is 0 Å². The largest absolute Gasteiger partial charge is 0.496 e. The van der Waals surface area contributed by atoms with Crippen LogP contribution in [0.3, 0.4) is 0 Å². The van der Waals surface area contributed by atoms with Gasteiger partial charge in [-0.1, -0.05) is 55.0 Å². The van der Waals surface area contributed by atoms with E-state index in [1.807, 2.05) is 42.5 Å². The summed E-state index contributed by atoms with van der Waals surface area (Å²) in [5.74, 6) is 1.12. The Morgan fingerprint density at radius 1 is 1.04 bits per heavy atom. The number of carbonyl (C=O) groups excluding carboxylic acids is 1. The number of benzene rings is 2. The van der Waals surface area contributed by atoms with E-state index in [2.05, 4.69) is 22.3 Å². The summed E-state index contributed by atoms with van der Waals surface area (Å²) in [6.45, 7) is 0.935. The van der Waals surface area contributed by atoms with Crippen molar-refractivity contribution in [1.82, 2.24) is 10.2 Å². The van der Waals surface area contributed by atoms with Gasteiger partial charge in [0.25, 0.3) is 0 Å². The molecule has 4 rings (SSSR count). The van der Waals surface area contributed by atoms with Crippen LogP contribution in [-0.4, -0.2) is 36.0 Å².